The van der Waals surface area contributed by atoms with Crippen LogP contribution >= 0.6 is 15.8 Å². The van der Waals surface area contributed by atoms with Gasteiger partial charge in [0.1, 0.15) is 11.2 Å². The zero-order valence-corrected chi connectivity index (χ0v) is 23.1. The average molecular weight is 537 g/mol. The van der Waals surface area contributed by atoms with Crippen molar-refractivity contribution >= 4 is 69.6 Å². The van der Waals surface area contributed by atoms with Crippen LogP contribution in [0.5, 0.6) is 0 Å². The van der Waals surface area contributed by atoms with Gasteiger partial charge in [0.15, 0.2) is 0 Å². The minimum absolute atomic E-state index is 0.784. The van der Waals surface area contributed by atoms with Crippen molar-refractivity contribution in [3.8, 4) is 0 Å². The van der Waals surface area contributed by atoms with Crippen LogP contribution in [-0.4, -0.2) is 0 Å². The second-order valence-corrected chi connectivity index (χ2v) is 13.8. The predicted octanol–water partition coefficient (Wildman–Crippen LogP) is 7.10. The molecule has 0 bridgehead atoms. The van der Waals surface area contributed by atoms with Crippen molar-refractivity contribution in [2.45, 2.75) is 0 Å². The summed E-state index contributed by atoms with van der Waals surface area (Å²) < 4.78 is 7.00. The standard InChI is InChI=1S/C36H26OP2/c1-5-15-27(16-6-1)38(28-17-7-2-8-18-28)33-25-13-23-31-32-24-14-26-34(36(32)37-35(31)33)39(29-19-9-3-10-20-29)30-21-11-4-12-22-30/h1-26H. The number of para-hydroxylation sites is 2. The molecule has 0 fully saturated rings. The van der Waals surface area contributed by atoms with E-state index in [9.17, 15) is 0 Å². The van der Waals surface area contributed by atoms with E-state index in [-0.39, 0.29) is 0 Å². The second-order valence-electron chi connectivity index (χ2n) is 9.42. The molecule has 1 nitrogen and oxygen atoms in total. The highest BCUT2D eigenvalue weighted by molar-refractivity contribution is 7.80. The highest BCUT2D eigenvalue weighted by Crippen LogP contribution is 2.41. The zero-order valence-electron chi connectivity index (χ0n) is 21.3. The first-order valence-electron chi connectivity index (χ1n) is 13.1. The highest BCUT2D eigenvalue weighted by Gasteiger charge is 2.25. The van der Waals surface area contributed by atoms with Crippen LogP contribution < -0.4 is 31.8 Å². The van der Waals surface area contributed by atoms with Crippen molar-refractivity contribution in [2.24, 2.45) is 0 Å². The molecule has 0 saturated heterocycles. The topological polar surface area (TPSA) is 13.1 Å². The molecule has 0 amide bonds. The lowest BCUT2D eigenvalue weighted by Gasteiger charge is -2.20. The minimum atomic E-state index is -0.784. The van der Waals surface area contributed by atoms with Crippen molar-refractivity contribution < 1.29 is 4.42 Å². The quantitative estimate of drug-likeness (QED) is 0.207. The maximum absolute atomic E-state index is 7.00. The summed E-state index contributed by atoms with van der Waals surface area (Å²) >= 11 is 0. The molecule has 7 rings (SSSR count). The Hall–Kier alpha value is -4.02. The maximum Gasteiger partial charge on any atom is 0.143 e. The minimum Gasteiger partial charge on any atom is -0.455 e. The van der Waals surface area contributed by atoms with E-state index < -0.39 is 15.8 Å². The zero-order chi connectivity index (χ0) is 26.0. The summed E-state index contributed by atoms with van der Waals surface area (Å²) in [6.45, 7) is 0. The first kappa shape index (κ1) is 24.1. The van der Waals surface area contributed by atoms with Gasteiger partial charge in [0.25, 0.3) is 0 Å². The third kappa shape index (κ3) is 4.49. The van der Waals surface area contributed by atoms with Gasteiger partial charge in [-0.15, -0.1) is 0 Å². The van der Waals surface area contributed by atoms with Crippen LogP contribution in [0, 0.1) is 0 Å². The van der Waals surface area contributed by atoms with E-state index in [1.807, 2.05) is 0 Å². The second kappa shape index (κ2) is 10.6. The van der Waals surface area contributed by atoms with Crippen LogP contribution in [0.25, 0.3) is 21.9 Å². The summed E-state index contributed by atoms with van der Waals surface area (Å²) in [5, 5.41) is 10.2. The van der Waals surface area contributed by atoms with Crippen LogP contribution in [0.3, 0.4) is 0 Å². The molecule has 0 unspecified atom stereocenters. The van der Waals surface area contributed by atoms with Gasteiger partial charge in [0, 0.05) is 21.4 Å². The van der Waals surface area contributed by atoms with Gasteiger partial charge in [-0.1, -0.05) is 158 Å². The predicted molar refractivity (Wildman–Crippen MR) is 171 cm³/mol. The lowest BCUT2D eigenvalue weighted by atomic mass is 10.1. The smallest absolute Gasteiger partial charge is 0.143 e. The fraction of sp³-hybridized carbons (Fsp3) is 0. The molecule has 1 aromatic heterocycles. The molecule has 0 atom stereocenters. The Bertz CT molecular complexity index is 1630. The van der Waals surface area contributed by atoms with E-state index in [4.69, 9.17) is 4.42 Å². The highest BCUT2D eigenvalue weighted by atomic mass is 31.1. The van der Waals surface area contributed by atoms with E-state index in [0.29, 0.717) is 0 Å². The summed E-state index contributed by atoms with van der Waals surface area (Å²) in [6.07, 6.45) is 0. The van der Waals surface area contributed by atoms with E-state index in [1.165, 1.54) is 42.6 Å². The molecule has 186 valence electrons. The van der Waals surface area contributed by atoms with Gasteiger partial charge in [-0.25, -0.2) is 0 Å². The molecule has 0 radical (unpaired) electrons. The average Bonchev–Trinajstić information content (AvgIpc) is 3.40. The van der Waals surface area contributed by atoms with Crippen molar-refractivity contribution in [3.05, 3.63) is 158 Å². The Balaban J connectivity index is 1.49. The maximum atomic E-state index is 7.00. The van der Waals surface area contributed by atoms with E-state index in [0.717, 1.165) is 11.2 Å². The number of furan rings is 1. The lowest BCUT2D eigenvalue weighted by Crippen LogP contribution is -2.21. The fourth-order valence-electron chi connectivity index (χ4n) is 5.31. The molecule has 0 aliphatic carbocycles. The SMILES string of the molecule is c1ccc(P(c2ccccc2)c2cccc3c2oc2c(P(c4ccccc4)c4ccccc4)cccc23)cc1. The molecule has 0 spiro atoms. The van der Waals surface area contributed by atoms with Crippen LogP contribution in [0.2, 0.25) is 0 Å². The van der Waals surface area contributed by atoms with Crippen molar-refractivity contribution in [1.29, 1.82) is 0 Å². The fourth-order valence-corrected chi connectivity index (χ4v) is 10.1. The normalized spacial score (nSPS) is 11.5. The van der Waals surface area contributed by atoms with Gasteiger partial charge < -0.3 is 4.42 Å². The van der Waals surface area contributed by atoms with Gasteiger partial charge in [0.05, 0.1) is 0 Å². The van der Waals surface area contributed by atoms with E-state index in [1.54, 1.807) is 0 Å². The van der Waals surface area contributed by atoms with Crippen LogP contribution in [0.4, 0.5) is 0 Å². The summed E-state index contributed by atoms with van der Waals surface area (Å²) in [5.74, 6) is 0. The third-order valence-electron chi connectivity index (χ3n) is 7.02. The molecule has 3 heteroatoms. The molecule has 0 N–H and O–H groups in total. The summed E-state index contributed by atoms with van der Waals surface area (Å²) in [5.41, 5.74) is 1.99. The van der Waals surface area contributed by atoms with Crippen molar-refractivity contribution in [2.75, 3.05) is 0 Å². The number of hydrogen-bond acceptors (Lipinski definition) is 1. The third-order valence-corrected chi connectivity index (χ3v) is 11.9. The van der Waals surface area contributed by atoms with Crippen molar-refractivity contribution in [3.63, 3.8) is 0 Å². The molecular formula is C36H26OP2. The molecular weight excluding hydrogens is 510 g/mol. The Morgan fingerprint density at radius 1 is 0.308 bits per heavy atom. The largest absolute Gasteiger partial charge is 0.455 e. The van der Waals surface area contributed by atoms with E-state index in [2.05, 4.69) is 158 Å². The van der Waals surface area contributed by atoms with Crippen LogP contribution in [0.1, 0.15) is 0 Å². The molecule has 0 saturated carbocycles. The Labute approximate surface area is 231 Å². The monoisotopic (exact) mass is 536 g/mol. The van der Waals surface area contributed by atoms with Gasteiger partial charge in [-0.2, -0.15) is 0 Å². The van der Waals surface area contributed by atoms with Gasteiger partial charge >= 0.3 is 0 Å². The molecule has 6 aromatic carbocycles. The lowest BCUT2D eigenvalue weighted by molar-refractivity contribution is 0.674. The van der Waals surface area contributed by atoms with E-state index >= 15 is 0 Å². The summed E-state index contributed by atoms with van der Waals surface area (Å²) in [6, 6.07) is 56.7. The molecule has 7 aromatic rings. The van der Waals surface area contributed by atoms with Crippen LogP contribution in [0.15, 0.2) is 162 Å². The summed E-state index contributed by atoms with van der Waals surface area (Å²) in [7, 11) is -1.57. The Morgan fingerprint density at radius 3 is 0.923 bits per heavy atom. The van der Waals surface area contributed by atoms with Crippen LogP contribution in [-0.2, 0) is 0 Å². The molecule has 1 heterocycles. The van der Waals surface area contributed by atoms with Crippen molar-refractivity contribution in [1.82, 2.24) is 0 Å². The molecule has 39 heavy (non-hydrogen) atoms. The number of benzene rings is 6. The Morgan fingerprint density at radius 2 is 0.615 bits per heavy atom. The molecule has 0 aliphatic rings. The first-order valence-corrected chi connectivity index (χ1v) is 15.8. The number of hydrogen-bond donors (Lipinski definition) is 0. The molecule has 0 aliphatic heterocycles. The van der Waals surface area contributed by atoms with Gasteiger partial charge in [-0.05, 0) is 37.1 Å². The first-order chi connectivity index (χ1) is 19.4. The Kier molecular flexibility index (Phi) is 6.55. The number of fused-ring (bicyclic) bond motifs is 3. The van der Waals surface area contributed by atoms with Gasteiger partial charge in [-0.3, -0.25) is 0 Å². The summed E-state index contributed by atoms with van der Waals surface area (Å²) in [4.78, 5) is 0. The number of rotatable bonds is 6. The van der Waals surface area contributed by atoms with Gasteiger partial charge in [0.2, 0.25) is 0 Å².